The van der Waals surface area contributed by atoms with Crippen molar-refractivity contribution in [2.24, 2.45) is 5.92 Å². The van der Waals surface area contributed by atoms with Crippen LogP contribution in [-0.4, -0.2) is 36.0 Å². The molecule has 156 valence electrons. The van der Waals surface area contributed by atoms with E-state index in [9.17, 15) is 26.4 Å². The SMILES string of the molecule is CC(C)C(C)(C)c1cc(CC(=O)C(C)(C)S(=O)(=O)CCCC(F)(F)F)on1. The Morgan fingerprint density at radius 1 is 1.19 bits per heavy atom. The van der Waals surface area contributed by atoms with Crippen molar-refractivity contribution < 1.29 is 30.9 Å². The molecule has 0 aliphatic heterocycles. The summed E-state index contributed by atoms with van der Waals surface area (Å²) in [6.07, 6.45) is -6.49. The van der Waals surface area contributed by atoms with Crippen molar-refractivity contribution >= 4 is 15.6 Å². The zero-order valence-electron chi connectivity index (χ0n) is 16.6. The summed E-state index contributed by atoms with van der Waals surface area (Å²) in [5, 5.41) is 3.98. The van der Waals surface area contributed by atoms with Crippen LogP contribution in [0.2, 0.25) is 0 Å². The number of sulfone groups is 1. The molecule has 0 N–H and O–H groups in total. The van der Waals surface area contributed by atoms with Gasteiger partial charge in [0, 0.05) is 17.9 Å². The topological polar surface area (TPSA) is 77.2 Å². The highest BCUT2D eigenvalue weighted by Crippen LogP contribution is 2.31. The first-order valence-corrected chi connectivity index (χ1v) is 10.4. The second-order valence-electron chi connectivity index (χ2n) is 8.20. The predicted octanol–water partition coefficient (Wildman–Crippen LogP) is 4.26. The van der Waals surface area contributed by atoms with Gasteiger partial charge in [-0.25, -0.2) is 8.42 Å². The number of carbonyl (C=O) groups excluding carboxylic acids is 1. The lowest BCUT2D eigenvalue weighted by Gasteiger charge is -2.26. The average molecular weight is 411 g/mol. The van der Waals surface area contributed by atoms with Gasteiger partial charge in [-0.1, -0.05) is 32.9 Å². The van der Waals surface area contributed by atoms with Crippen LogP contribution in [0.25, 0.3) is 0 Å². The molecule has 0 spiro atoms. The Morgan fingerprint density at radius 2 is 1.74 bits per heavy atom. The molecule has 0 aliphatic rings. The average Bonchev–Trinajstić information content (AvgIpc) is 2.94. The van der Waals surface area contributed by atoms with Crippen molar-refractivity contribution in [2.75, 3.05) is 5.75 Å². The third-order valence-electron chi connectivity index (χ3n) is 5.32. The Bertz CT molecular complexity index is 762. The molecule has 0 aliphatic carbocycles. The van der Waals surface area contributed by atoms with Gasteiger partial charge in [-0.15, -0.1) is 0 Å². The molecule has 0 unspecified atom stereocenters. The Hall–Kier alpha value is -1.38. The molecule has 1 aromatic rings. The monoisotopic (exact) mass is 411 g/mol. The molecular formula is C18H28F3NO4S. The first-order chi connectivity index (χ1) is 12.0. The smallest absolute Gasteiger partial charge is 0.361 e. The Kier molecular flexibility index (Phi) is 6.95. The fraction of sp³-hybridized carbons (Fsp3) is 0.778. The van der Waals surface area contributed by atoms with Crippen LogP contribution in [0.1, 0.15) is 65.8 Å². The number of hydrogen-bond donors (Lipinski definition) is 0. The van der Waals surface area contributed by atoms with Gasteiger partial charge >= 0.3 is 6.18 Å². The van der Waals surface area contributed by atoms with Gasteiger partial charge in [0.2, 0.25) is 0 Å². The minimum absolute atomic E-state index is 0.238. The largest absolute Gasteiger partial charge is 0.389 e. The lowest BCUT2D eigenvalue weighted by atomic mass is 9.78. The van der Waals surface area contributed by atoms with Crippen LogP contribution in [-0.2, 0) is 26.5 Å². The summed E-state index contributed by atoms with van der Waals surface area (Å²) in [6.45, 7) is 10.4. The van der Waals surface area contributed by atoms with Crippen molar-refractivity contribution in [2.45, 2.75) is 77.1 Å². The van der Waals surface area contributed by atoms with Crippen molar-refractivity contribution in [1.82, 2.24) is 5.16 Å². The number of ketones is 1. The second kappa shape index (κ2) is 7.93. The summed E-state index contributed by atoms with van der Waals surface area (Å²) in [4.78, 5) is 12.5. The second-order valence-corrected chi connectivity index (χ2v) is 10.9. The fourth-order valence-corrected chi connectivity index (χ4v) is 3.71. The van der Waals surface area contributed by atoms with E-state index in [2.05, 4.69) is 5.16 Å². The molecular weight excluding hydrogens is 383 g/mol. The number of carbonyl (C=O) groups is 1. The molecule has 5 nitrogen and oxygen atoms in total. The number of hydrogen-bond acceptors (Lipinski definition) is 5. The lowest BCUT2D eigenvalue weighted by molar-refractivity contribution is -0.134. The highest BCUT2D eigenvalue weighted by molar-refractivity contribution is 7.93. The van der Waals surface area contributed by atoms with E-state index >= 15 is 0 Å². The molecule has 0 saturated carbocycles. The number of halogens is 3. The molecule has 27 heavy (non-hydrogen) atoms. The molecule has 0 bridgehead atoms. The highest BCUT2D eigenvalue weighted by Gasteiger charge is 2.42. The van der Waals surface area contributed by atoms with Gasteiger partial charge in [0.05, 0.1) is 17.9 Å². The molecule has 0 fully saturated rings. The third-order valence-corrected chi connectivity index (χ3v) is 7.93. The fourth-order valence-electron chi connectivity index (χ4n) is 2.26. The molecule has 0 saturated heterocycles. The minimum atomic E-state index is -4.43. The maximum atomic E-state index is 12.5. The van der Waals surface area contributed by atoms with Crippen LogP contribution in [0.3, 0.4) is 0 Å². The number of nitrogens with zero attached hydrogens (tertiary/aromatic N) is 1. The molecule has 1 rings (SSSR count). The summed E-state index contributed by atoms with van der Waals surface area (Å²) < 4.78 is 64.9. The quantitative estimate of drug-likeness (QED) is 0.607. The minimum Gasteiger partial charge on any atom is -0.361 e. The number of Topliss-reactive ketones (excluding diaryl/α,β-unsaturated/α-hetero) is 1. The molecule has 0 atom stereocenters. The van der Waals surface area contributed by atoms with E-state index in [0.717, 1.165) is 0 Å². The Morgan fingerprint density at radius 3 is 2.22 bits per heavy atom. The summed E-state index contributed by atoms with van der Waals surface area (Å²) in [7, 11) is -4.05. The van der Waals surface area contributed by atoms with Crippen LogP contribution in [0.5, 0.6) is 0 Å². The van der Waals surface area contributed by atoms with Gasteiger partial charge < -0.3 is 4.52 Å². The van der Waals surface area contributed by atoms with Crippen molar-refractivity contribution in [3.8, 4) is 0 Å². The number of aromatic nitrogens is 1. The molecule has 0 radical (unpaired) electrons. The highest BCUT2D eigenvalue weighted by atomic mass is 32.2. The zero-order valence-corrected chi connectivity index (χ0v) is 17.4. The van der Waals surface area contributed by atoms with Crippen LogP contribution in [0.15, 0.2) is 10.6 Å². The van der Waals surface area contributed by atoms with E-state index in [-0.39, 0.29) is 23.5 Å². The maximum absolute atomic E-state index is 12.5. The van der Waals surface area contributed by atoms with E-state index in [1.54, 1.807) is 6.07 Å². The van der Waals surface area contributed by atoms with E-state index < -0.39 is 45.1 Å². The van der Waals surface area contributed by atoms with Crippen LogP contribution in [0, 0.1) is 5.92 Å². The van der Waals surface area contributed by atoms with E-state index in [1.807, 2.05) is 27.7 Å². The van der Waals surface area contributed by atoms with Gasteiger partial charge in [-0.3, -0.25) is 4.79 Å². The third kappa shape index (κ3) is 5.80. The zero-order chi connectivity index (χ0) is 21.3. The van der Waals surface area contributed by atoms with Gasteiger partial charge in [0.15, 0.2) is 15.6 Å². The van der Waals surface area contributed by atoms with Crippen molar-refractivity contribution in [1.29, 1.82) is 0 Å². The summed E-state index contributed by atoms with van der Waals surface area (Å²) in [5.41, 5.74) is 0.371. The summed E-state index contributed by atoms with van der Waals surface area (Å²) in [6, 6.07) is 1.63. The van der Waals surface area contributed by atoms with Gasteiger partial charge in [0.1, 0.15) is 10.5 Å². The molecule has 1 aromatic heterocycles. The summed E-state index contributed by atoms with van der Waals surface area (Å²) >= 11 is 0. The van der Waals surface area contributed by atoms with Crippen LogP contribution in [0.4, 0.5) is 13.2 Å². The van der Waals surface area contributed by atoms with Gasteiger partial charge in [0.25, 0.3) is 0 Å². The van der Waals surface area contributed by atoms with Crippen molar-refractivity contribution in [3.05, 3.63) is 17.5 Å². The number of alkyl halides is 3. The molecule has 9 heteroatoms. The lowest BCUT2D eigenvalue weighted by Crippen LogP contribution is -2.43. The van der Waals surface area contributed by atoms with Gasteiger partial charge in [-0.2, -0.15) is 13.2 Å². The first kappa shape index (κ1) is 23.7. The van der Waals surface area contributed by atoms with E-state index in [4.69, 9.17) is 4.52 Å². The molecule has 0 amide bonds. The number of rotatable bonds is 9. The molecule has 0 aromatic carbocycles. The standard InChI is InChI=1S/C18H28F3NO4S/c1-12(2)16(3,4)14-10-13(26-22-14)11-15(23)17(5,6)27(24,25)9-7-8-18(19,20)21/h10,12H,7-9,11H2,1-6H3. The van der Waals surface area contributed by atoms with Crippen LogP contribution >= 0.6 is 0 Å². The van der Waals surface area contributed by atoms with Crippen LogP contribution < -0.4 is 0 Å². The Labute approximate surface area is 158 Å². The van der Waals surface area contributed by atoms with E-state index in [0.29, 0.717) is 5.69 Å². The van der Waals surface area contributed by atoms with Crippen molar-refractivity contribution in [3.63, 3.8) is 0 Å². The first-order valence-electron chi connectivity index (χ1n) is 8.79. The summed E-state index contributed by atoms with van der Waals surface area (Å²) in [5.74, 6) is -0.841. The normalized spacial score (nSPS) is 14.0. The van der Waals surface area contributed by atoms with E-state index in [1.165, 1.54) is 13.8 Å². The predicted molar refractivity (Wildman–Crippen MR) is 96.2 cm³/mol. The maximum Gasteiger partial charge on any atom is 0.389 e. The van der Waals surface area contributed by atoms with Gasteiger partial charge in [-0.05, 0) is 26.2 Å². The molecule has 1 heterocycles. The Balaban J connectivity index is 2.87.